The lowest BCUT2D eigenvalue weighted by Crippen LogP contribution is -2.27. The number of aromatic nitrogens is 2. The van der Waals surface area contributed by atoms with Gasteiger partial charge in [-0.25, -0.2) is 0 Å². The molecule has 1 fully saturated rings. The average molecular weight is 265 g/mol. The van der Waals surface area contributed by atoms with Crippen molar-refractivity contribution in [3.8, 4) is 0 Å². The summed E-state index contributed by atoms with van der Waals surface area (Å²) in [5.41, 5.74) is 0. The van der Waals surface area contributed by atoms with Crippen LogP contribution in [0.4, 0.5) is 0 Å². The molecule has 0 aromatic carbocycles. The van der Waals surface area contributed by atoms with Gasteiger partial charge in [-0.3, -0.25) is 4.90 Å². The summed E-state index contributed by atoms with van der Waals surface area (Å²) < 4.78 is 5.38. The molecule has 0 spiro atoms. The highest BCUT2D eigenvalue weighted by atomic mass is 16.5. The Hall–Kier alpha value is -0.900. The average Bonchev–Trinajstić information content (AvgIpc) is 3.07. The van der Waals surface area contributed by atoms with Crippen LogP contribution >= 0.6 is 0 Å². The maximum atomic E-state index is 5.38. The number of rotatable bonds is 8. The molecule has 0 saturated heterocycles. The molecule has 0 amide bonds. The molecule has 1 saturated carbocycles. The molecule has 1 aliphatic rings. The molecular formula is C15H27N3O. The summed E-state index contributed by atoms with van der Waals surface area (Å²) in [7, 11) is 0. The molecule has 108 valence electrons. The third-order valence-corrected chi connectivity index (χ3v) is 3.50. The van der Waals surface area contributed by atoms with Crippen LogP contribution in [0.25, 0.3) is 0 Å². The molecule has 0 N–H and O–H groups in total. The minimum Gasteiger partial charge on any atom is -0.338 e. The van der Waals surface area contributed by atoms with Crippen LogP contribution in [0.1, 0.15) is 58.7 Å². The van der Waals surface area contributed by atoms with E-state index < -0.39 is 0 Å². The molecule has 2 rings (SSSR count). The Kier molecular flexibility index (Phi) is 4.97. The van der Waals surface area contributed by atoms with E-state index in [0.29, 0.717) is 5.92 Å². The lowest BCUT2D eigenvalue weighted by Gasteiger charge is -2.20. The molecule has 0 atom stereocenters. The second-order valence-electron chi connectivity index (χ2n) is 6.59. The van der Waals surface area contributed by atoms with E-state index in [1.807, 2.05) is 0 Å². The first-order valence-electron chi connectivity index (χ1n) is 7.60. The van der Waals surface area contributed by atoms with Gasteiger partial charge in [0.1, 0.15) is 0 Å². The van der Waals surface area contributed by atoms with Crippen LogP contribution in [0.5, 0.6) is 0 Å². The highest BCUT2D eigenvalue weighted by Gasteiger charge is 2.30. The SMILES string of the molecule is CC(C)CCN(Cc1nc(CC(C)C)no1)C1CC1. The van der Waals surface area contributed by atoms with Crippen LogP contribution < -0.4 is 0 Å². The monoisotopic (exact) mass is 265 g/mol. The lowest BCUT2D eigenvalue weighted by atomic mass is 10.1. The fourth-order valence-corrected chi connectivity index (χ4v) is 2.23. The van der Waals surface area contributed by atoms with Crippen molar-refractivity contribution in [3.05, 3.63) is 11.7 Å². The van der Waals surface area contributed by atoms with Crippen molar-refractivity contribution in [2.75, 3.05) is 6.54 Å². The van der Waals surface area contributed by atoms with Gasteiger partial charge in [0.2, 0.25) is 5.89 Å². The van der Waals surface area contributed by atoms with E-state index in [-0.39, 0.29) is 0 Å². The van der Waals surface area contributed by atoms with Gasteiger partial charge in [0.25, 0.3) is 0 Å². The zero-order valence-electron chi connectivity index (χ0n) is 12.7. The Bertz CT molecular complexity index is 382. The molecule has 1 heterocycles. The minimum atomic E-state index is 0.575. The van der Waals surface area contributed by atoms with Gasteiger partial charge in [0, 0.05) is 12.5 Å². The highest BCUT2D eigenvalue weighted by Crippen LogP contribution is 2.28. The number of hydrogen-bond acceptors (Lipinski definition) is 4. The van der Waals surface area contributed by atoms with Crippen molar-refractivity contribution in [2.45, 2.75) is 66.0 Å². The zero-order valence-corrected chi connectivity index (χ0v) is 12.7. The standard InChI is InChI=1S/C15H27N3O/c1-11(2)7-8-18(13-5-6-13)10-15-16-14(17-19-15)9-12(3)4/h11-13H,5-10H2,1-4H3. The van der Waals surface area contributed by atoms with E-state index in [2.05, 4.69) is 42.7 Å². The van der Waals surface area contributed by atoms with Gasteiger partial charge in [-0.05, 0) is 37.6 Å². The molecule has 0 aliphatic heterocycles. The molecule has 4 nitrogen and oxygen atoms in total. The first-order chi connectivity index (χ1) is 9.04. The summed E-state index contributed by atoms with van der Waals surface area (Å²) in [6, 6.07) is 0.749. The van der Waals surface area contributed by atoms with Gasteiger partial charge in [-0.2, -0.15) is 4.98 Å². The molecule has 0 unspecified atom stereocenters. The third kappa shape index (κ3) is 4.94. The van der Waals surface area contributed by atoms with Crippen LogP contribution in [0.3, 0.4) is 0 Å². The van der Waals surface area contributed by atoms with E-state index in [0.717, 1.165) is 43.2 Å². The fraction of sp³-hybridized carbons (Fsp3) is 0.867. The Balaban J connectivity index is 1.87. The number of hydrogen-bond donors (Lipinski definition) is 0. The van der Waals surface area contributed by atoms with Crippen LogP contribution in [-0.2, 0) is 13.0 Å². The molecule has 19 heavy (non-hydrogen) atoms. The molecule has 0 radical (unpaired) electrons. The summed E-state index contributed by atoms with van der Waals surface area (Å²) in [5.74, 6) is 2.96. The van der Waals surface area contributed by atoms with E-state index in [9.17, 15) is 0 Å². The largest absolute Gasteiger partial charge is 0.338 e. The van der Waals surface area contributed by atoms with E-state index >= 15 is 0 Å². The fourth-order valence-electron chi connectivity index (χ4n) is 2.23. The van der Waals surface area contributed by atoms with Crippen molar-refractivity contribution in [3.63, 3.8) is 0 Å². The zero-order chi connectivity index (χ0) is 13.8. The quantitative estimate of drug-likeness (QED) is 0.723. The van der Waals surface area contributed by atoms with Gasteiger partial charge >= 0.3 is 0 Å². The summed E-state index contributed by atoms with van der Waals surface area (Å²) in [6.07, 6.45) is 4.79. The summed E-state index contributed by atoms with van der Waals surface area (Å²) in [4.78, 5) is 7.01. The highest BCUT2D eigenvalue weighted by molar-refractivity contribution is 4.91. The smallest absolute Gasteiger partial charge is 0.240 e. The van der Waals surface area contributed by atoms with Gasteiger partial charge in [-0.15, -0.1) is 0 Å². The molecule has 1 aliphatic carbocycles. The van der Waals surface area contributed by atoms with Crippen molar-refractivity contribution < 1.29 is 4.52 Å². The number of nitrogens with zero attached hydrogens (tertiary/aromatic N) is 3. The molecule has 0 bridgehead atoms. The second-order valence-corrected chi connectivity index (χ2v) is 6.59. The Morgan fingerprint density at radius 2 is 1.95 bits per heavy atom. The van der Waals surface area contributed by atoms with Crippen LogP contribution in [-0.4, -0.2) is 27.6 Å². The maximum absolute atomic E-state index is 5.38. The summed E-state index contributed by atoms with van der Waals surface area (Å²) >= 11 is 0. The first-order valence-corrected chi connectivity index (χ1v) is 7.60. The van der Waals surface area contributed by atoms with E-state index in [1.165, 1.54) is 19.3 Å². The molecule has 4 heteroatoms. The normalized spacial score (nSPS) is 15.9. The lowest BCUT2D eigenvalue weighted by molar-refractivity contribution is 0.207. The topological polar surface area (TPSA) is 42.2 Å². The summed E-state index contributed by atoms with van der Waals surface area (Å²) in [5, 5.41) is 4.07. The molecule has 1 aromatic heterocycles. The van der Waals surface area contributed by atoms with Crippen molar-refractivity contribution in [2.24, 2.45) is 11.8 Å². The molecule has 1 aromatic rings. The van der Waals surface area contributed by atoms with E-state index in [1.54, 1.807) is 0 Å². The van der Waals surface area contributed by atoms with Crippen molar-refractivity contribution in [1.82, 2.24) is 15.0 Å². The van der Waals surface area contributed by atoms with Gasteiger partial charge < -0.3 is 4.52 Å². The van der Waals surface area contributed by atoms with Crippen molar-refractivity contribution >= 4 is 0 Å². The maximum Gasteiger partial charge on any atom is 0.240 e. The Labute approximate surface area is 116 Å². The summed E-state index contributed by atoms with van der Waals surface area (Å²) in [6.45, 7) is 10.9. The van der Waals surface area contributed by atoms with Crippen LogP contribution in [0, 0.1) is 11.8 Å². The predicted octanol–water partition coefficient (Wildman–Crippen LogP) is 3.28. The second kappa shape index (κ2) is 6.51. The third-order valence-electron chi connectivity index (χ3n) is 3.50. The van der Waals surface area contributed by atoms with Gasteiger partial charge in [0.05, 0.1) is 6.54 Å². The van der Waals surface area contributed by atoms with Gasteiger partial charge in [0.15, 0.2) is 5.82 Å². The predicted molar refractivity (Wildman–Crippen MR) is 75.7 cm³/mol. The Morgan fingerprint density at radius 1 is 1.21 bits per heavy atom. The van der Waals surface area contributed by atoms with E-state index in [4.69, 9.17) is 4.52 Å². The Morgan fingerprint density at radius 3 is 2.53 bits per heavy atom. The van der Waals surface area contributed by atoms with Crippen LogP contribution in [0.2, 0.25) is 0 Å². The van der Waals surface area contributed by atoms with Crippen LogP contribution in [0.15, 0.2) is 4.52 Å². The van der Waals surface area contributed by atoms with Gasteiger partial charge in [-0.1, -0.05) is 32.9 Å². The molecular weight excluding hydrogens is 238 g/mol. The van der Waals surface area contributed by atoms with Crippen molar-refractivity contribution in [1.29, 1.82) is 0 Å². The first kappa shape index (κ1) is 14.5. The minimum absolute atomic E-state index is 0.575.